The summed E-state index contributed by atoms with van der Waals surface area (Å²) in [6.07, 6.45) is 7.94. The molecular formula is C19H27NOS. The first-order chi connectivity index (χ1) is 10.8. The largest absolute Gasteiger partial charge is 0.352 e. The Morgan fingerprint density at radius 1 is 1.14 bits per heavy atom. The molecule has 0 fully saturated rings. The van der Waals surface area contributed by atoms with E-state index in [1.165, 1.54) is 29.7 Å². The highest BCUT2D eigenvalue weighted by molar-refractivity contribution is 8.02. The van der Waals surface area contributed by atoms with Gasteiger partial charge in [-0.05, 0) is 36.2 Å². The molecule has 1 amide bonds. The minimum atomic E-state index is 0.171. The lowest BCUT2D eigenvalue weighted by atomic mass is 10.2. The lowest BCUT2D eigenvalue weighted by Gasteiger charge is -2.09. The number of carbonyl (C=O) groups is 1. The number of amides is 1. The molecule has 1 aliphatic rings. The van der Waals surface area contributed by atoms with Crippen molar-refractivity contribution < 1.29 is 4.79 Å². The number of hydrogen-bond donors (Lipinski definition) is 1. The van der Waals surface area contributed by atoms with Gasteiger partial charge in [-0.2, -0.15) is 0 Å². The Morgan fingerprint density at radius 2 is 1.95 bits per heavy atom. The Kier molecular flexibility index (Phi) is 7.58. The summed E-state index contributed by atoms with van der Waals surface area (Å²) >= 11 is 1.84. The number of unbranched alkanes of at least 4 members (excludes halogenated alkanes) is 3. The topological polar surface area (TPSA) is 29.1 Å². The summed E-state index contributed by atoms with van der Waals surface area (Å²) in [6.45, 7) is 3.02. The van der Waals surface area contributed by atoms with Gasteiger partial charge in [-0.15, -0.1) is 11.8 Å². The van der Waals surface area contributed by atoms with E-state index in [0.29, 0.717) is 0 Å². The third kappa shape index (κ3) is 5.53. The van der Waals surface area contributed by atoms with E-state index in [-0.39, 0.29) is 5.91 Å². The second kappa shape index (κ2) is 9.73. The molecule has 1 aromatic rings. The molecular weight excluding hydrogens is 290 g/mol. The van der Waals surface area contributed by atoms with Crippen molar-refractivity contribution in [3.63, 3.8) is 0 Å². The van der Waals surface area contributed by atoms with Gasteiger partial charge < -0.3 is 5.32 Å². The van der Waals surface area contributed by atoms with Crippen LogP contribution < -0.4 is 5.32 Å². The van der Waals surface area contributed by atoms with Gasteiger partial charge in [-0.3, -0.25) is 4.79 Å². The van der Waals surface area contributed by atoms with Gasteiger partial charge in [0.2, 0.25) is 5.91 Å². The van der Waals surface area contributed by atoms with Crippen LogP contribution in [0.5, 0.6) is 0 Å². The first kappa shape index (κ1) is 17.1. The number of benzene rings is 1. The molecule has 1 aromatic carbocycles. The quantitative estimate of drug-likeness (QED) is 0.645. The van der Waals surface area contributed by atoms with Crippen LogP contribution in [0.1, 0.15) is 57.4 Å². The van der Waals surface area contributed by atoms with Crippen LogP contribution in [-0.2, 0) is 10.5 Å². The summed E-state index contributed by atoms with van der Waals surface area (Å²) in [5.41, 5.74) is 2.36. The second-order valence-corrected chi connectivity index (χ2v) is 6.92. The van der Waals surface area contributed by atoms with Gasteiger partial charge in [0.1, 0.15) is 0 Å². The van der Waals surface area contributed by atoms with Crippen LogP contribution in [0.3, 0.4) is 0 Å². The number of nitrogens with one attached hydrogen (secondary N) is 1. The van der Waals surface area contributed by atoms with E-state index in [0.717, 1.165) is 43.6 Å². The van der Waals surface area contributed by atoms with Crippen LogP contribution in [0.15, 0.2) is 40.8 Å². The molecule has 0 unspecified atom stereocenters. The van der Waals surface area contributed by atoms with Crippen molar-refractivity contribution in [1.29, 1.82) is 0 Å². The summed E-state index contributed by atoms with van der Waals surface area (Å²) < 4.78 is 0. The minimum absolute atomic E-state index is 0.171. The van der Waals surface area contributed by atoms with E-state index in [4.69, 9.17) is 0 Å². The molecule has 1 N–H and O–H groups in total. The highest BCUT2D eigenvalue weighted by atomic mass is 32.2. The first-order valence-corrected chi connectivity index (χ1v) is 9.46. The van der Waals surface area contributed by atoms with Gasteiger partial charge in [0, 0.05) is 17.9 Å². The van der Waals surface area contributed by atoms with E-state index in [1.807, 2.05) is 17.8 Å². The minimum Gasteiger partial charge on any atom is -0.352 e. The fourth-order valence-electron chi connectivity index (χ4n) is 2.72. The van der Waals surface area contributed by atoms with Crippen LogP contribution in [0.2, 0.25) is 0 Å². The number of allylic oxidation sites excluding steroid dienone is 1. The van der Waals surface area contributed by atoms with E-state index in [1.54, 1.807) is 0 Å². The molecule has 0 bridgehead atoms. The summed E-state index contributed by atoms with van der Waals surface area (Å²) in [5.74, 6) is 1.13. The van der Waals surface area contributed by atoms with E-state index < -0.39 is 0 Å². The Bertz CT molecular complexity index is 495. The first-order valence-electron chi connectivity index (χ1n) is 8.48. The molecule has 0 saturated carbocycles. The zero-order valence-electron chi connectivity index (χ0n) is 13.6. The highest BCUT2D eigenvalue weighted by Gasteiger charge is 2.20. The normalized spacial score (nSPS) is 14.4. The summed E-state index contributed by atoms with van der Waals surface area (Å²) in [5, 5.41) is 3.10. The highest BCUT2D eigenvalue weighted by Crippen LogP contribution is 2.36. The molecule has 1 aliphatic carbocycles. The molecule has 0 heterocycles. The van der Waals surface area contributed by atoms with Crippen LogP contribution in [-0.4, -0.2) is 12.5 Å². The van der Waals surface area contributed by atoms with E-state index in [9.17, 15) is 4.79 Å². The number of thioether (sulfide) groups is 1. The molecule has 2 nitrogen and oxygen atoms in total. The number of hydrogen-bond acceptors (Lipinski definition) is 2. The van der Waals surface area contributed by atoms with Crippen molar-refractivity contribution in [2.45, 2.75) is 57.6 Å². The molecule has 0 aromatic heterocycles. The van der Waals surface area contributed by atoms with Gasteiger partial charge in [0.05, 0.1) is 0 Å². The van der Waals surface area contributed by atoms with E-state index in [2.05, 4.69) is 36.5 Å². The zero-order chi connectivity index (χ0) is 15.6. The second-order valence-electron chi connectivity index (χ2n) is 5.85. The predicted octanol–water partition coefficient (Wildman–Crippen LogP) is 5.05. The van der Waals surface area contributed by atoms with Gasteiger partial charge >= 0.3 is 0 Å². The van der Waals surface area contributed by atoms with Crippen molar-refractivity contribution in [1.82, 2.24) is 5.32 Å². The molecule has 120 valence electrons. The molecule has 0 radical (unpaired) electrons. The maximum Gasteiger partial charge on any atom is 0.247 e. The van der Waals surface area contributed by atoms with Crippen LogP contribution >= 0.6 is 11.8 Å². The average Bonchev–Trinajstić information content (AvgIpc) is 3.02. The van der Waals surface area contributed by atoms with Crippen molar-refractivity contribution in [2.75, 3.05) is 6.54 Å². The smallest absolute Gasteiger partial charge is 0.247 e. The summed E-state index contributed by atoms with van der Waals surface area (Å²) in [6, 6.07) is 10.5. The molecule has 2 rings (SSSR count). The van der Waals surface area contributed by atoms with Gasteiger partial charge in [0.15, 0.2) is 0 Å². The standard InChI is InChI=1S/C19H27NOS/c1-2-3-4-8-14-20-19(21)17-12-9-13-18(17)22-15-16-10-6-5-7-11-16/h5-7,10-11H,2-4,8-9,12-15H2,1H3,(H,20,21). The Labute approximate surface area is 138 Å². The van der Waals surface area contributed by atoms with Crippen molar-refractivity contribution >= 4 is 17.7 Å². The molecule has 22 heavy (non-hydrogen) atoms. The Balaban J connectivity index is 1.80. The summed E-state index contributed by atoms with van der Waals surface area (Å²) in [7, 11) is 0. The third-order valence-corrected chi connectivity index (χ3v) is 5.29. The predicted molar refractivity (Wildman–Crippen MR) is 95.8 cm³/mol. The fourth-order valence-corrected chi connectivity index (χ4v) is 3.91. The monoisotopic (exact) mass is 317 g/mol. The van der Waals surface area contributed by atoms with Gasteiger partial charge in [-0.1, -0.05) is 56.5 Å². The maximum absolute atomic E-state index is 12.3. The maximum atomic E-state index is 12.3. The number of rotatable bonds is 9. The Hall–Kier alpha value is -1.22. The SMILES string of the molecule is CCCCCCNC(=O)C1=C(SCc2ccccc2)CCC1. The van der Waals surface area contributed by atoms with Crippen molar-refractivity contribution in [3.05, 3.63) is 46.4 Å². The zero-order valence-corrected chi connectivity index (χ0v) is 14.4. The molecule has 0 saturated heterocycles. The lowest BCUT2D eigenvalue weighted by molar-refractivity contribution is -0.117. The average molecular weight is 317 g/mol. The molecule has 0 spiro atoms. The van der Waals surface area contributed by atoms with Crippen molar-refractivity contribution in [3.8, 4) is 0 Å². The van der Waals surface area contributed by atoms with Crippen LogP contribution in [0.25, 0.3) is 0 Å². The molecule has 0 aliphatic heterocycles. The van der Waals surface area contributed by atoms with Gasteiger partial charge in [-0.25, -0.2) is 0 Å². The number of carbonyl (C=O) groups excluding carboxylic acids is 1. The van der Waals surface area contributed by atoms with E-state index >= 15 is 0 Å². The van der Waals surface area contributed by atoms with Gasteiger partial charge in [0.25, 0.3) is 0 Å². The fraction of sp³-hybridized carbons (Fsp3) is 0.526. The van der Waals surface area contributed by atoms with Crippen LogP contribution in [0.4, 0.5) is 0 Å². The molecule has 3 heteroatoms. The van der Waals surface area contributed by atoms with Crippen molar-refractivity contribution in [2.24, 2.45) is 0 Å². The lowest BCUT2D eigenvalue weighted by Crippen LogP contribution is -2.25. The van der Waals surface area contributed by atoms with Crippen LogP contribution in [0, 0.1) is 0 Å². The molecule has 0 atom stereocenters. The summed E-state index contributed by atoms with van der Waals surface area (Å²) in [4.78, 5) is 13.6. The Morgan fingerprint density at radius 3 is 2.73 bits per heavy atom. The third-order valence-electron chi connectivity index (χ3n) is 4.01.